The summed E-state index contributed by atoms with van der Waals surface area (Å²) in [6.45, 7) is 9.34. The van der Waals surface area contributed by atoms with Crippen LogP contribution in [0.15, 0.2) is 48.8 Å². The molecule has 66 heavy (non-hydrogen) atoms. The number of hydrogen-bond donors (Lipinski definition) is 6. The number of carbonyl (C=O) groups is 4. The van der Waals surface area contributed by atoms with Crippen LogP contribution in [0, 0.1) is 25.7 Å². The molecule has 6 fully saturated rings. The number of carboxylic acid groups (broad SMARTS) is 2. The van der Waals surface area contributed by atoms with Gasteiger partial charge in [0, 0.05) is 48.8 Å². The Morgan fingerprint density at radius 1 is 0.636 bits per heavy atom. The van der Waals surface area contributed by atoms with Gasteiger partial charge in [0.05, 0.1) is 34.7 Å². The number of nitrogens with zero attached hydrogens (tertiary/aromatic N) is 4. The van der Waals surface area contributed by atoms with Gasteiger partial charge in [-0.3, -0.25) is 9.59 Å². The molecule has 2 aromatic heterocycles. The number of H-pyrrole nitrogens is 2. The minimum Gasteiger partial charge on any atom is -0.465 e. The fourth-order valence-electron chi connectivity index (χ4n) is 11.8. The van der Waals surface area contributed by atoms with Gasteiger partial charge in [0.1, 0.15) is 23.7 Å². The highest BCUT2D eigenvalue weighted by molar-refractivity contribution is 5.87. The van der Waals surface area contributed by atoms with Crippen LogP contribution in [0.4, 0.5) is 9.59 Å². The van der Waals surface area contributed by atoms with E-state index in [1.54, 1.807) is 0 Å². The SMILES string of the molecule is Cc1c(-c2ccc(-c3c[nH]c([C@@H]4CC[C@H](C)N4C(=O)C(NC(=O)O)C4CCOC5(CC5)C4)n3)cc2)ccc(-c2c[nH]c([C@@H]3CC[C@H](C)N3C(=O)C(NC(=O)O)C3CCOC4(CC4)C3)n2)c1C. The molecule has 4 aromatic rings. The van der Waals surface area contributed by atoms with Gasteiger partial charge >= 0.3 is 12.2 Å². The van der Waals surface area contributed by atoms with E-state index in [2.05, 4.69) is 70.8 Å². The highest BCUT2D eigenvalue weighted by atomic mass is 16.5. The van der Waals surface area contributed by atoms with E-state index in [4.69, 9.17) is 19.4 Å². The van der Waals surface area contributed by atoms with Crippen molar-refractivity contribution in [3.05, 3.63) is 71.6 Å². The average molecular weight is 903 g/mol. The van der Waals surface area contributed by atoms with Gasteiger partial charge in [0.25, 0.3) is 0 Å². The Kier molecular flexibility index (Phi) is 11.5. The Balaban J connectivity index is 0.830. The second-order valence-corrected chi connectivity index (χ2v) is 20.1. The minimum atomic E-state index is -1.19. The van der Waals surface area contributed by atoms with Crippen LogP contribution < -0.4 is 10.6 Å². The van der Waals surface area contributed by atoms with E-state index >= 15 is 0 Å². The molecule has 6 heterocycles. The lowest BCUT2D eigenvalue weighted by Gasteiger charge is -2.38. The van der Waals surface area contributed by atoms with E-state index in [1.165, 1.54) is 0 Å². The first-order chi connectivity index (χ1) is 31.7. The molecule has 16 heteroatoms. The summed E-state index contributed by atoms with van der Waals surface area (Å²) in [6.07, 6.45) is 10.9. The first-order valence-corrected chi connectivity index (χ1v) is 24.0. The summed E-state index contributed by atoms with van der Waals surface area (Å²) < 4.78 is 12.0. The predicted octanol–water partition coefficient (Wildman–Crippen LogP) is 8.05. The monoisotopic (exact) mass is 902 g/mol. The predicted molar refractivity (Wildman–Crippen MR) is 244 cm³/mol. The van der Waals surface area contributed by atoms with Gasteiger partial charge in [-0.25, -0.2) is 19.6 Å². The molecule has 4 amide bonds. The molecule has 2 saturated carbocycles. The molecule has 2 spiro atoms. The molecule has 2 aromatic carbocycles. The number of ether oxygens (including phenoxy) is 2. The number of amides is 4. The van der Waals surface area contributed by atoms with Crippen molar-refractivity contribution in [3.63, 3.8) is 0 Å². The van der Waals surface area contributed by atoms with Crippen LogP contribution >= 0.6 is 0 Å². The van der Waals surface area contributed by atoms with Crippen molar-refractivity contribution >= 4 is 24.0 Å². The molecule has 0 bridgehead atoms. The van der Waals surface area contributed by atoms with Crippen LogP contribution in [0.5, 0.6) is 0 Å². The van der Waals surface area contributed by atoms with E-state index in [9.17, 15) is 29.4 Å². The van der Waals surface area contributed by atoms with E-state index in [0.29, 0.717) is 50.5 Å². The van der Waals surface area contributed by atoms with E-state index in [0.717, 1.165) is 96.1 Å². The molecule has 6 aliphatic rings. The maximum absolute atomic E-state index is 14.3. The number of hydrogen-bond acceptors (Lipinski definition) is 8. The molecule has 4 saturated heterocycles. The van der Waals surface area contributed by atoms with Gasteiger partial charge in [-0.15, -0.1) is 0 Å². The Morgan fingerprint density at radius 3 is 1.56 bits per heavy atom. The van der Waals surface area contributed by atoms with Crippen molar-refractivity contribution < 1.29 is 38.9 Å². The maximum Gasteiger partial charge on any atom is 0.405 e. The number of likely N-dealkylation sites (tertiary alicyclic amines) is 2. The number of aromatic amines is 2. The average Bonchev–Trinajstić information content (AvgIpc) is 3.83. The fourth-order valence-corrected chi connectivity index (χ4v) is 11.8. The van der Waals surface area contributed by atoms with Crippen LogP contribution in [0.25, 0.3) is 33.6 Å². The van der Waals surface area contributed by atoms with Gasteiger partial charge in [-0.05, 0) is 139 Å². The number of imidazole rings is 2. The third-order valence-corrected chi connectivity index (χ3v) is 15.9. The van der Waals surface area contributed by atoms with Gasteiger partial charge in [-0.2, -0.15) is 0 Å². The lowest BCUT2D eigenvalue weighted by Crippen LogP contribution is -2.55. The summed E-state index contributed by atoms with van der Waals surface area (Å²) in [5.41, 5.74) is 7.44. The zero-order valence-corrected chi connectivity index (χ0v) is 38.3. The van der Waals surface area contributed by atoms with Gasteiger partial charge in [0.15, 0.2) is 0 Å². The van der Waals surface area contributed by atoms with E-state index in [-0.39, 0.29) is 59.0 Å². The van der Waals surface area contributed by atoms with Crippen LogP contribution in [-0.2, 0) is 19.1 Å². The quantitative estimate of drug-likeness (QED) is 0.0852. The third-order valence-electron chi connectivity index (χ3n) is 15.9. The van der Waals surface area contributed by atoms with Crippen molar-refractivity contribution in [1.29, 1.82) is 0 Å². The molecule has 6 N–H and O–H groups in total. The molecule has 4 unspecified atom stereocenters. The molecule has 16 nitrogen and oxygen atoms in total. The topological polar surface area (TPSA) is 215 Å². The van der Waals surface area contributed by atoms with E-state index < -0.39 is 24.3 Å². The Hall–Kier alpha value is -5.74. The summed E-state index contributed by atoms with van der Waals surface area (Å²) in [5.74, 6) is 0.761. The Labute approximate surface area is 384 Å². The number of nitrogens with one attached hydrogen (secondary N) is 4. The number of benzene rings is 2. The third kappa shape index (κ3) is 8.35. The molecule has 10 rings (SSSR count). The summed E-state index contributed by atoms with van der Waals surface area (Å²) in [6, 6.07) is 10.1. The zero-order chi connectivity index (χ0) is 46.1. The second-order valence-electron chi connectivity index (χ2n) is 20.1. The Bertz CT molecular complexity index is 2510. The lowest BCUT2D eigenvalue weighted by molar-refractivity contribution is -0.140. The largest absolute Gasteiger partial charge is 0.465 e. The summed E-state index contributed by atoms with van der Waals surface area (Å²) in [4.78, 5) is 73.1. The second kappa shape index (κ2) is 17.2. The highest BCUT2D eigenvalue weighted by Crippen LogP contribution is 2.51. The maximum atomic E-state index is 14.3. The zero-order valence-electron chi connectivity index (χ0n) is 38.3. The number of carbonyl (C=O) groups excluding carboxylic acids is 2. The molecule has 0 radical (unpaired) electrons. The van der Waals surface area contributed by atoms with Gasteiger partial charge in [-0.1, -0.05) is 36.4 Å². The van der Waals surface area contributed by atoms with E-state index in [1.807, 2.05) is 36.0 Å². The summed E-state index contributed by atoms with van der Waals surface area (Å²) >= 11 is 0. The highest BCUT2D eigenvalue weighted by Gasteiger charge is 2.53. The molecule has 2 aliphatic carbocycles. The van der Waals surface area contributed by atoms with Crippen molar-refractivity contribution in [2.24, 2.45) is 11.8 Å². The smallest absolute Gasteiger partial charge is 0.405 e. The Morgan fingerprint density at radius 2 is 1.08 bits per heavy atom. The molecule has 350 valence electrons. The molecule has 4 aliphatic heterocycles. The van der Waals surface area contributed by atoms with Crippen molar-refractivity contribution in [2.45, 2.75) is 152 Å². The van der Waals surface area contributed by atoms with Crippen LogP contribution in [-0.4, -0.2) is 113 Å². The molecule has 8 atom stereocenters. The van der Waals surface area contributed by atoms with Crippen LogP contribution in [0.1, 0.15) is 126 Å². The van der Waals surface area contributed by atoms with Crippen molar-refractivity contribution in [1.82, 2.24) is 40.4 Å². The number of aromatic nitrogens is 4. The standard InChI is InChI=1S/C50H62N8O8/c1-27-5-13-39(57(27)45(59)41(55-47(61)62)33-15-21-65-49(23-33)17-18-49)43-51-25-37(53-43)32-9-7-31(8-10-32)35-11-12-36(30(4)29(35)3)38-26-52-44(54-38)40-14-6-28(2)58(40)46(60)42(56-48(63)64)34-16-22-66-50(24-34)19-20-50/h7-12,25-28,33-34,39-42,55-56H,5-6,13-24H2,1-4H3,(H,51,53)(H,52,54)(H,61,62)(H,63,64)/t27-,28-,33?,34?,39-,40-,41?,42?/m0/s1. The van der Waals surface area contributed by atoms with Crippen molar-refractivity contribution in [2.75, 3.05) is 13.2 Å². The van der Waals surface area contributed by atoms with Crippen molar-refractivity contribution in [3.8, 4) is 33.6 Å². The lowest BCUT2D eigenvalue weighted by atomic mass is 9.86. The minimum absolute atomic E-state index is 0.0617. The summed E-state index contributed by atoms with van der Waals surface area (Å²) in [5, 5.41) is 24.8. The van der Waals surface area contributed by atoms with Gasteiger partial charge < -0.3 is 50.1 Å². The van der Waals surface area contributed by atoms with Crippen LogP contribution in [0.3, 0.4) is 0 Å². The summed E-state index contributed by atoms with van der Waals surface area (Å²) in [7, 11) is 0. The van der Waals surface area contributed by atoms with Gasteiger partial charge in [0.2, 0.25) is 11.8 Å². The number of rotatable bonds is 11. The first-order valence-electron chi connectivity index (χ1n) is 24.0. The molecular formula is C50H62N8O8. The van der Waals surface area contributed by atoms with Crippen LogP contribution in [0.2, 0.25) is 0 Å². The normalized spacial score (nSPS) is 27.2. The fraction of sp³-hybridized carbons (Fsp3) is 0.560. The molecular weight excluding hydrogens is 841 g/mol. The first kappa shape index (κ1) is 44.1.